The fourth-order valence-corrected chi connectivity index (χ4v) is 2.65. The van der Waals surface area contributed by atoms with Crippen LogP contribution in [0.3, 0.4) is 0 Å². The highest BCUT2D eigenvalue weighted by Crippen LogP contribution is 2.25. The van der Waals surface area contributed by atoms with Gasteiger partial charge >= 0.3 is 0 Å². The van der Waals surface area contributed by atoms with Crippen LogP contribution in [-0.4, -0.2) is 41.5 Å². The smallest absolute Gasteiger partial charge is 0.237 e. The van der Waals surface area contributed by atoms with Crippen molar-refractivity contribution >= 4 is 5.91 Å². The molecule has 0 aromatic rings. The molecule has 20 heavy (non-hydrogen) atoms. The Morgan fingerprint density at radius 3 is 2.45 bits per heavy atom. The summed E-state index contributed by atoms with van der Waals surface area (Å²) in [7, 11) is 0. The number of rotatable bonds is 11. The van der Waals surface area contributed by atoms with E-state index in [0.717, 1.165) is 32.4 Å². The van der Waals surface area contributed by atoms with Crippen molar-refractivity contribution < 1.29 is 4.79 Å². The molecular formula is C16H33N3O. The Bertz CT molecular complexity index is 302. The minimum absolute atomic E-state index is 0.210. The molecule has 118 valence electrons. The quantitative estimate of drug-likeness (QED) is 0.572. The van der Waals surface area contributed by atoms with Crippen LogP contribution in [0, 0.1) is 0 Å². The molecule has 1 rings (SSSR count). The van der Waals surface area contributed by atoms with Gasteiger partial charge in [0.15, 0.2) is 0 Å². The molecule has 1 aliphatic rings. The third-order valence-electron chi connectivity index (χ3n) is 4.26. The van der Waals surface area contributed by atoms with Crippen LogP contribution in [-0.2, 0) is 4.79 Å². The molecule has 4 nitrogen and oxygen atoms in total. The Morgan fingerprint density at radius 2 is 2.00 bits per heavy atom. The summed E-state index contributed by atoms with van der Waals surface area (Å²) in [6, 6.07) is 1.11. The number of nitrogens with two attached hydrogens (primary N) is 1. The Balaban J connectivity index is 2.30. The number of carbonyl (C=O) groups is 1. The highest BCUT2D eigenvalue weighted by molar-refractivity contribution is 5.84. The van der Waals surface area contributed by atoms with Crippen molar-refractivity contribution in [3.05, 3.63) is 0 Å². The maximum Gasteiger partial charge on any atom is 0.237 e. The minimum Gasteiger partial charge on any atom is -0.368 e. The molecule has 1 saturated carbocycles. The molecular weight excluding hydrogens is 250 g/mol. The van der Waals surface area contributed by atoms with E-state index in [2.05, 4.69) is 31.0 Å². The van der Waals surface area contributed by atoms with Gasteiger partial charge < -0.3 is 16.0 Å². The summed E-state index contributed by atoms with van der Waals surface area (Å²) in [5, 5.41) is 3.41. The highest BCUT2D eigenvalue weighted by atomic mass is 16.1. The second kappa shape index (κ2) is 7.99. The van der Waals surface area contributed by atoms with Crippen molar-refractivity contribution in [3.8, 4) is 0 Å². The van der Waals surface area contributed by atoms with Gasteiger partial charge in [0, 0.05) is 12.1 Å². The van der Waals surface area contributed by atoms with Gasteiger partial charge in [-0.2, -0.15) is 0 Å². The third kappa shape index (κ3) is 5.80. The molecule has 4 heteroatoms. The van der Waals surface area contributed by atoms with E-state index in [0.29, 0.717) is 12.1 Å². The number of hydrogen-bond acceptors (Lipinski definition) is 3. The molecule has 1 atom stereocenters. The summed E-state index contributed by atoms with van der Waals surface area (Å²) < 4.78 is 0. The molecule has 1 amide bonds. The van der Waals surface area contributed by atoms with Crippen LogP contribution in [0.2, 0.25) is 0 Å². The number of carbonyl (C=O) groups excluding carboxylic acids is 1. The van der Waals surface area contributed by atoms with Crippen molar-refractivity contribution in [1.82, 2.24) is 10.2 Å². The first kappa shape index (κ1) is 17.4. The van der Waals surface area contributed by atoms with Crippen molar-refractivity contribution in [2.45, 2.75) is 83.8 Å². The number of nitrogens with zero attached hydrogens (tertiary/aromatic N) is 1. The van der Waals surface area contributed by atoms with Crippen LogP contribution in [0.15, 0.2) is 0 Å². The normalized spacial score (nSPS) is 18.5. The molecule has 0 radical (unpaired) electrons. The predicted octanol–water partition coefficient (Wildman–Crippen LogP) is 2.27. The number of primary amides is 1. The van der Waals surface area contributed by atoms with Crippen molar-refractivity contribution in [1.29, 1.82) is 0 Å². The standard InChI is InChI=1S/C16H33N3O/c1-5-11-19(13(2)3)12-7-6-10-16(4,15(17)20)18-14-8-9-14/h13-14,18H,5-12H2,1-4H3,(H2,17,20). The fourth-order valence-electron chi connectivity index (χ4n) is 2.65. The van der Waals surface area contributed by atoms with Gasteiger partial charge in [-0.3, -0.25) is 4.79 Å². The zero-order valence-electron chi connectivity index (χ0n) is 13.7. The van der Waals surface area contributed by atoms with E-state index in [4.69, 9.17) is 5.73 Å². The van der Waals surface area contributed by atoms with Crippen LogP contribution in [0.5, 0.6) is 0 Å². The Hall–Kier alpha value is -0.610. The lowest BCUT2D eigenvalue weighted by Gasteiger charge is -2.29. The molecule has 0 aromatic heterocycles. The largest absolute Gasteiger partial charge is 0.368 e. The maximum absolute atomic E-state index is 11.7. The molecule has 0 spiro atoms. The van der Waals surface area contributed by atoms with Crippen molar-refractivity contribution in [2.75, 3.05) is 13.1 Å². The van der Waals surface area contributed by atoms with Crippen LogP contribution in [0.1, 0.15) is 66.2 Å². The fraction of sp³-hybridized carbons (Fsp3) is 0.938. The molecule has 1 fully saturated rings. The van der Waals surface area contributed by atoms with E-state index in [-0.39, 0.29) is 5.91 Å². The SMILES string of the molecule is CCCN(CCCCC(C)(NC1CC1)C(N)=O)C(C)C. The Morgan fingerprint density at radius 1 is 1.35 bits per heavy atom. The third-order valence-corrected chi connectivity index (χ3v) is 4.26. The number of hydrogen-bond donors (Lipinski definition) is 2. The summed E-state index contributed by atoms with van der Waals surface area (Å²) in [4.78, 5) is 14.2. The number of amides is 1. The Labute approximate surface area is 124 Å². The number of nitrogens with one attached hydrogen (secondary N) is 1. The lowest BCUT2D eigenvalue weighted by Crippen LogP contribution is -2.54. The molecule has 0 saturated heterocycles. The minimum atomic E-state index is -0.519. The van der Waals surface area contributed by atoms with Gasteiger partial charge in [0.2, 0.25) is 5.91 Å². The summed E-state index contributed by atoms with van der Waals surface area (Å²) in [5.74, 6) is -0.210. The van der Waals surface area contributed by atoms with Crippen molar-refractivity contribution in [3.63, 3.8) is 0 Å². The van der Waals surface area contributed by atoms with Gasteiger partial charge in [0.1, 0.15) is 0 Å². The van der Waals surface area contributed by atoms with E-state index >= 15 is 0 Å². The lowest BCUT2D eigenvalue weighted by molar-refractivity contribution is -0.124. The van der Waals surface area contributed by atoms with E-state index in [1.54, 1.807) is 0 Å². The molecule has 3 N–H and O–H groups in total. The van der Waals surface area contributed by atoms with E-state index < -0.39 is 5.54 Å². The van der Waals surface area contributed by atoms with Crippen LogP contribution in [0.25, 0.3) is 0 Å². The lowest BCUT2D eigenvalue weighted by atomic mass is 9.93. The second-order valence-electron chi connectivity index (χ2n) is 6.70. The van der Waals surface area contributed by atoms with Crippen molar-refractivity contribution in [2.24, 2.45) is 5.73 Å². The average molecular weight is 283 g/mol. The molecule has 0 bridgehead atoms. The first-order chi connectivity index (χ1) is 9.39. The van der Waals surface area contributed by atoms with Gasteiger partial charge in [-0.15, -0.1) is 0 Å². The zero-order chi connectivity index (χ0) is 15.2. The molecule has 1 aliphatic carbocycles. The molecule has 0 heterocycles. The second-order valence-corrected chi connectivity index (χ2v) is 6.70. The maximum atomic E-state index is 11.7. The van der Waals surface area contributed by atoms with Gasteiger partial charge in [0.05, 0.1) is 5.54 Å². The van der Waals surface area contributed by atoms with E-state index in [1.807, 2.05) is 6.92 Å². The van der Waals surface area contributed by atoms with Gasteiger partial charge in [0.25, 0.3) is 0 Å². The predicted molar refractivity (Wildman–Crippen MR) is 84.6 cm³/mol. The van der Waals surface area contributed by atoms with E-state index in [9.17, 15) is 4.79 Å². The van der Waals surface area contributed by atoms with Crippen LogP contribution >= 0.6 is 0 Å². The summed E-state index contributed by atoms with van der Waals surface area (Å²) in [6.45, 7) is 10.9. The average Bonchev–Trinajstić information content (AvgIpc) is 3.16. The molecule has 0 aromatic carbocycles. The Kier molecular flexibility index (Phi) is 6.96. The topological polar surface area (TPSA) is 58.4 Å². The number of unbranched alkanes of at least 4 members (excludes halogenated alkanes) is 1. The first-order valence-corrected chi connectivity index (χ1v) is 8.20. The summed E-state index contributed by atoms with van der Waals surface area (Å²) in [5.41, 5.74) is 5.05. The zero-order valence-corrected chi connectivity index (χ0v) is 13.7. The van der Waals surface area contributed by atoms with Crippen LogP contribution in [0.4, 0.5) is 0 Å². The highest BCUT2D eigenvalue weighted by Gasteiger charge is 2.36. The van der Waals surface area contributed by atoms with Gasteiger partial charge in [-0.05, 0) is 72.4 Å². The molecule has 0 aliphatic heterocycles. The van der Waals surface area contributed by atoms with Gasteiger partial charge in [-0.1, -0.05) is 6.92 Å². The van der Waals surface area contributed by atoms with Crippen LogP contribution < -0.4 is 11.1 Å². The first-order valence-electron chi connectivity index (χ1n) is 8.20. The molecule has 1 unspecified atom stereocenters. The monoisotopic (exact) mass is 283 g/mol. The van der Waals surface area contributed by atoms with Gasteiger partial charge in [-0.25, -0.2) is 0 Å². The summed E-state index contributed by atoms with van der Waals surface area (Å²) >= 11 is 0. The summed E-state index contributed by atoms with van der Waals surface area (Å²) in [6.07, 6.45) is 6.58. The van der Waals surface area contributed by atoms with E-state index in [1.165, 1.54) is 19.3 Å².